The van der Waals surface area contributed by atoms with Gasteiger partial charge in [-0.05, 0) is 54.8 Å². The van der Waals surface area contributed by atoms with Crippen LogP contribution in [0.1, 0.15) is 22.9 Å². The van der Waals surface area contributed by atoms with Crippen LogP contribution in [0.2, 0.25) is 5.02 Å². The molecule has 2 N–H and O–H groups in total. The van der Waals surface area contributed by atoms with Gasteiger partial charge < -0.3 is 14.7 Å². The summed E-state index contributed by atoms with van der Waals surface area (Å²) in [5, 5.41) is 5.65. The minimum Gasteiger partial charge on any atom is -0.443 e. The second-order valence-electron chi connectivity index (χ2n) is 6.29. The third kappa shape index (κ3) is 2.14. The Kier molecular flexibility index (Phi) is 3.15. The van der Waals surface area contributed by atoms with Crippen molar-refractivity contribution in [3.05, 3.63) is 64.6 Å². The van der Waals surface area contributed by atoms with Crippen LogP contribution in [0.5, 0.6) is 0 Å². The Labute approximate surface area is 143 Å². The summed E-state index contributed by atoms with van der Waals surface area (Å²) in [5.74, 6) is 0. The molecule has 3 heterocycles. The van der Waals surface area contributed by atoms with Crippen LogP contribution < -0.4 is 5.32 Å². The molecule has 0 aliphatic carbocycles. The molecule has 5 rings (SSSR count). The van der Waals surface area contributed by atoms with Gasteiger partial charge in [0.15, 0.2) is 12.0 Å². The number of rotatable bonds is 2. The maximum atomic E-state index is 6.19. The van der Waals surface area contributed by atoms with E-state index in [9.17, 15) is 0 Å². The van der Waals surface area contributed by atoms with Crippen molar-refractivity contribution in [2.24, 2.45) is 0 Å². The van der Waals surface area contributed by atoms with E-state index in [-0.39, 0.29) is 6.04 Å². The second kappa shape index (κ2) is 5.36. The van der Waals surface area contributed by atoms with Gasteiger partial charge in [-0.25, -0.2) is 4.98 Å². The number of hydrogen-bond donors (Lipinski definition) is 2. The highest BCUT2D eigenvalue weighted by Crippen LogP contribution is 2.34. The van der Waals surface area contributed by atoms with E-state index in [1.807, 2.05) is 18.2 Å². The Morgan fingerprint density at radius 2 is 2.21 bits per heavy atom. The summed E-state index contributed by atoms with van der Waals surface area (Å²) in [6.07, 6.45) is 3.39. The van der Waals surface area contributed by atoms with Gasteiger partial charge in [-0.1, -0.05) is 23.7 Å². The monoisotopic (exact) mass is 337 g/mol. The zero-order chi connectivity index (χ0) is 16.1. The SMILES string of the molecule is Clc1ccc2[nH]c3c(c2c1)CCNC3Cc1cccc2ncoc12. The van der Waals surface area contributed by atoms with Crippen molar-refractivity contribution in [2.75, 3.05) is 6.54 Å². The number of nitrogens with one attached hydrogen (secondary N) is 2. The maximum Gasteiger partial charge on any atom is 0.181 e. The number of aromatic amines is 1. The van der Waals surface area contributed by atoms with Gasteiger partial charge >= 0.3 is 0 Å². The smallest absolute Gasteiger partial charge is 0.181 e. The number of benzene rings is 2. The van der Waals surface area contributed by atoms with Gasteiger partial charge in [-0.3, -0.25) is 0 Å². The molecule has 4 aromatic rings. The minimum absolute atomic E-state index is 0.232. The number of aromatic nitrogens is 2. The summed E-state index contributed by atoms with van der Waals surface area (Å²) in [4.78, 5) is 7.84. The first-order chi connectivity index (χ1) is 11.8. The molecule has 4 nitrogen and oxygen atoms in total. The van der Waals surface area contributed by atoms with E-state index in [0.717, 1.165) is 41.0 Å². The number of halogens is 1. The van der Waals surface area contributed by atoms with Crippen molar-refractivity contribution < 1.29 is 4.42 Å². The lowest BCUT2D eigenvalue weighted by molar-refractivity contribution is 0.492. The molecule has 0 radical (unpaired) electrons. The molecular weight excluding hydrogens is 322 g/mol. The Morgan fingerprint density at radius 1 is 1.25 bits per heavy atom. The molecule has 0 saturated heterocycles. The number of fused-ring (bicyclic) bond motifs is 4. The molecule has 1 atom stereocenters. The Bertz CT molecular complexity index is 1050. The molecule has 5 heteroatoms. The Balaban J connectivity index is 1.59. The molecular formula is C19H16ClN3O. The van der Waals surface area contributed by atoms with Crippen molar-refractivity contribution in [1.29, 1.82) is 0 Å². The molecule has 0 fully saturated rings. The molecule has 1 aliphatic rings. The van der Waals surface area contributed by atoms with Crippen LogP contribution in [-0.2, 0) is 12.8 Å². The molecule has 0 amide bonds. The predicted octanol–water partition coefficient (Wildman–Crippen LogP) is 4.39. The highest BCUT2D eigenvalue weighted by molar-refractivity contribution is 6.31. The van der Waals surface area contributed by atoms with Gasteiger partial charge in [-0.15, -0.1) is 0 Å². The lowest BCUT2D eigenvalue weighted by atomic mass is 9.94. The molecule has 1 unspecified atom stereocenters. The summed E-state index contributed by atoms with van der Waals surface area (Å²) in [7, 11) is 0. The molecule has 1 aliphatic heterocycles. The fraction of sp³-hybridized carbons (Fsp3) is 0.211. The zero-order valence-electron chi connectivity index (χ0n) is 13.0. The first kappa shape index (κ1) is 14.1. The minimum atomic E-state index is 0.232. The van der Waals surface area contributed by atoms with Crippen molar-refractivity contribution >= 4 is 33.6 Å². The van der Waals surface area contributed by atoms with Crippen molar-refractivity contribution in [3.8, 4) is 0 Å². The Morgan fingerprint density at radius 3 is 3.17 bits per heavy atom. The van der Waals surface area contributed by atoms with E-state index in [1.165, 1.54) is 28.6 Å². The molecule has 2 aromatic carbocycles. The standard InChI is InChI=1S/C19H16ClN3O/c20-12-4-5-15-14(9-12)13-6-7-21-17(18(13)23-15)8-11-2-1-3-16-19(11)24-10-22-16/h1-5,9-10,17,21,23H,6-8H2. The van der Waals surface area contributed by atoms with E-state index in [2.05, 4.69) is 33.5 Å². The molecule has 0 saturated carbocycles. The summed E-state index contributed by atoms with van der Waals surface area (Å²) < 4.78 is 5.59. The Hall–Kier alpha value is -2.30. The number of para-hydroxylation sites is 1. The van der Waals surface area contributed by atoms with Gasteiger partial charge in [0.1, 0.15) is 5.52 Å². The average molecular weight is 338 g/mol. The van der Waals surface area contributed by atoms with Gasteiger partial charge in [0.2, 0.25) is 0 Å². The lowest BCUT2D eigenvalue weighted by Crippen LogP contribution is -2.31. The largest absolute Gasteiger partial charge is 0.443 e. The van der Waals surface area contributed by atoms with Crippen LogP contribution in [0.3, 0.4) is 0 Å². The number of oxazole rings is 1. The summed E-state index contributed by atoms with van der Waals surface area (Å²) in [6.45, 7) is 0.962. The molecule has 0 spiro atoms. The van der Waals surface area contributed by atoms with Gasteiger partial charge in [0.25, 0.3) is 0 Å². The van der Waals surface area contributed by atoms with Crippen LogP contribution in [0, 0.1) is 0 Å². The predicted molar refractivity (Wildman–Crippen MR) is 95.5 cm³/mol. The van der Waals surface area contributed by atoms with E-state index in [4.69, 9.17) is 16.0 Å². The van der Waals surface area contributed by atoms with E-state index in [1.54, 1.807) is 0 Å². The number of hydrogen-bond acceptors (Lipinski definition) is 3. The first-order valence-electron chi connectivity index (χ1n) is 8.14. The van der Waals surface area contributed by atoms with Gasteiger partial charge in [0.05, 0.1) is 6.04 Å². The number of H-pyrrole nitrogens is 1. The summed E-state index contributed by atoms with van der Waals surface area (Å²) in [5.41, 5.74) is 6.75. The van der Waals surface area contributed by atoms with Crippen LogP contribution in [0.15, 0.2) is 47.2 Å². The van der Waals surface area contributed by atoms with Crippen molar-refractivity contribution in [1.82, 2.24) is 15.3 Å². The van der Waals surface area contributed by atoms with E-state index >= 15 is 0 Å². The zero-order valence-corrected chi connectivity index (χ0v) is 13.7. The maximum absolute atomic E-state index is 6.19. The normalized spacial score (nSPS) is 17.5. The van der Waals surface area contributed by atoms with Crippen LogP contribution in [0.25, 0.3) is 22.0 Å². The fourth-order valence-corrected chi connectivity index (χ4v) is 3.95. The summed E-state index contributed by atoms with van der Waals surface area (Å²) in [6, 6.07) is 12.4. The van der Waals surface area contributed by atoms with Gasteiger partial charge in [0, 0.05) is 21.6 Å². The van der Waals surface area contributed by atoms with Gasteiger partial charge in [-0.2, -0.15) is 0 Å². The quantitative estimate of drug-likeness (QED) is 0.570. The summed E-state index contributed by atoms with van der Waals surface area (Å²) >= 11 is 6.19. The number of nitrogens with zero attached hydrogens (tertiary/aromatic N) is 1. The second-order valence-corrected chi connectivity index (χ2v) is 6.72. The molecule has 120 valence electrons. The van der Waals surface area contributed by atoms with Crippen LogP contribution >= 0.6 is 11.6 Å². The average Bonchev–Trinajstić information content (AvgIpc) is 3.20. The van der Waals surface area contributed by atoms with Crippen LogP contribution in [0.4, 0.5) is 0 Å². The highest BCUT2D eigenvalue weighted by atomic mass is 35.5. The lowest BCUT2D eigenvalue weighted by Gasteiger charge is -2.24. The van der Waals surface area contributed by atoms with Crippen molar-refractivity contribution in [2.45, 2.75) is 18.9 Å². The third-order valence-corrected chi connectivity index (χ3v) is 5.11. The van der Waals surface area contributed by atoms with E-state index < -0.39 is 0 Å². The fourth-order valence-electron chi connectivity index (χ4n) is 3.78. The molecule has 0 bridgehead atoms. The van der Waals surface area contributed by atoms with Crippen molar-refractivity contribution in [3.63, 3.8) is 0 Å². The van der Waals surface area contributed by atoms with E-state index in [0.29, 0.717) is 0 Å². The molecule has 2 aromatic heterocycles. The molecule has 24 heavy (non-hydrogen) atoms. The van der Waals surface area contributed by atoms with Crippen LogP contribution in [-0.4, -0.2) is 16.5 Å². The third-order valence-electron chi connectivity index (χ3n) is 4.88. The highest BCUT2D eigenvalue weighted by Gasteiger charge is 2.25. The topological polar surface area (TPSA) is 53.9 Å². The first-order valence-corrected chi connectivity index (χ1v) is 8.52.